The predicted octanol–water partition coefficient (Wildman–Crippen LogP) is 3.80. The number of anilines is 1. The molecule has 3 heterocycles. The number of piperidine rings is 1. The van der Waals surface area contributed by atoms with Gasteiger partial charge in [0, 0.05) is 60.8 Å². The zero-order valence-corrected chi connectivity index (χ0v) is 18.9. The first kappa shape index (κ1) is 21.2. The Bertz CT molecular complexity index is 880. The van der Waals surface area contributed by atoms with Crippen molar-refractivity contribution in [2.75, 3.05) is 24.5 Å². The molecule has 0 saturated carbocycles. The first-order valence-corrected chi connectivity index (χ1v) is 11.3. The normalized spacial score (nSPS) is 25.4. The Labute approximate surface area is 179 Å². The molecule has 6 heteroatoms. The van der Waals surface area contributed by atoms with Gasteiger partial charge < -0.3 is 10.0 Å². The number of rotatable bonds is 4. The van der Waals surface area contributed by atoms with Crippen LogP contribution < -0.4 is 4.90 Å². The van der Waals surface area contributed by atoms with E-state index in [1.807, 2.05) is 0 Å². The summed E-state index contributed by atoms with van der Waals surface area (Å²) in [6.07, 6.45) is 2.63. The van der Waals surface area contributed by atoms with E-state index in [1.54, 1.807) is 6.92 Å². The highest BCUT2D eigenvalue weighted by molar-refractivity contribution is 6.08. The summed E-state index contributed by atoms with van der Waals surface area (Å²) in [5.74, 6) is 3.07. The lowest BCUT2D eigenvalue weighted by Gasteiger charge is -2.37. The van der Waals surface area contributed by atoms with Crippen molar-refractivity contribution in [1.82, 2.24) is 9.97 Å². The number of ketones is 1. The zero-order valence-electron chi connectivity index (χ0n) is 18.9. The molecular formula is C24H34N4O2. The number of Topliss-reactive ketones (excluding diaryl/α,β-unsaturated/α-hetero) is 1. The average Bonchev–Trinajstić information content (AvgIpc) is 3.12. The summed E-state index contributed by atoms with van der Waals surface area (Å²) in [6.45, 7) is 12.8. The highest BCUT2D eigenvalue weighted by Gasteiger charge is 2.43. The molecule has 3 aliphatic rings. The Morgan fingerprint density at radius 3 is 2.47 bits per heavy atom. The van der Waals surface area contributed by atoms with Crippen LogP contribution in [0.3, 0.4) is 0 Å². The Kier molecular flexibility index (Phi) is 5.56. The van der Waals surface area contributed by atoms with Crippen LogP contribution >= 0.6 is 0 Å². The van der Waals surface area contributed by atoms with Crippen molar-refractivity contribution in [3.63, 3.8) is 0 Å². The van der Waals surface area contributed by atoms with E-state index in [-0.39, 0.29) is 12.2 Å². The number of nitrogens with zero attached hydrogens (tertiary/aromatic N) is 4. The second-order valence-corrected chi connectivity index (χ2v) is 9.93. The van der Waals surface area contributed by atoms with Crippen LogP contribution in [0.2, 0.25) is 0 Å². The van der Waals surface area contributed by atoms with Gasteiger partial charge in [0.2, 0.25) is 0 Å². The maximum absolute atomic E-state index is 12.0. The maximum atomic E-state index is 12.0. The van der Waals surface area contributed by atoms with Gasteiger partial charge >= 0.3 is 0 Å². The van der Waals surface area contributed by atoms with Crippen LogP contribution in [-0.4, -0.2) is 51.8 Å². The summed E-state index contributed by atoms with van der Waals surface area (Å²) in [4.78, 5) is 28.8. The third-order valence-corrected chi connectivity index (χ3v) is 6.60. The van der Waals surface area contributed by atoms with Gasteiger partial charge in [-0.2, -0.15) is 0 Å². The van der Waals surface area contributed by atoms with Crippen molar-refractivity contribution in [3.8, 4) is 0 Å². The molecule has 30 heavy (non-hydrogen) atoms. The molecule has 1 N–H and O–H groups in total. The molecule has 0 amide bonds. The van der Waals surface area contributed by atoms with E-state index < -0.39 is 5.60 Å². The average molecular weight is 411 g/mol. The van der Waals surface area contributed by atoms with Crippen LogP contribution in [0.15, 0.2) is 22.2 Å². The van der Waals surface area contributed by atoms with E-state index in [4.69, 9.17) is 15.0 Å². The minimum atomic E-state index is -1.07. The van der Waals surface area contributed by atoms with Crippen molar-refractivity contribution in [2.24, 2.45) is 10.9 Å². The SMILES string of the molecule is CC(C)c1cc(N2CCC(C3=NCC4=C3C(C)(O)CC(=O)C4)CC2)nc(C(C)C)n1. The fourth-order valence-electron chi connectivity index (χ4n) is 5.00. The van der Waals surface area contributed by atoms with E-state index in [0.29, 0.717) is 30.7 Å². The molecule has 1 aromatic rings. The molecule has 1 aromatic heterocycles. The fraction of sp³-hybridized carbons (Fsp3) is 0.667. The van der Waals surface area contributed by atoms with Crippen molar-refractivity contribution in [2.45, 2.75) is 77.7 Å². The van der Waals surface area contributed by atoms with Crippen LogP contribution in [0, 0.1) is 5.92 Å². The standard InChI is InChI=1S/C24H34N4O2/c1-14(2)19-11-20(27-23(26-19)15(3)4)28-8-6-16(7-9-28)22-21-17(13-25-22)10-18(29)12-24(21,5)30/h11,14-16,30H,6-10,12-13H2,1-5H3. The predicted molar refractivity (Wildman–Crippen MR) is 119 cm³/mol. The van der Waals surface area contributed by atoms with Gasteiger partial charge in [0.25, 0.3) is 0 Å². The second kappa shape index (κ2) is 7.88. The molecule has 162 valence electrons. The molecule has 0 aromatic carbocycles. The molecule has 1 aliphatic carbocycles. The molecule has 6 nitrogen and oxygen atoms in total. The minimum Gasteiger partial charge on any atom is -0.385 e. The highest BCUT2D eigenvalue weighted by atomic mass is 16.3. The van der Waals surface area contributed by atoms with Gasteiger partial charge in [-0.25, -0.2) is 9.97 Å². The van der Waals surface area contributed by atoms with E-state index >= 15 is 0 Å². The summed E-state index contributed by atoms with van der Waals surface area (Å²) in [5.41, 5.74) is 3.08. The van der Waals surface area contributed by atoms with Gasteiger partial charge in [-0.1, -0.05) is 27.7 Å². The molecule has 0 radical (unpaired) electrons. The van der Waals surface area contributed by atoms with E-state index in [2.05, 4.69) is 38.7 Å². The number of hydrogen-bond donors (Lipinski definition) is 1. The summed E-state index contributed by atoms with van der Waals surface area (Å²) in [7, 11) is 0. The smallest absolute Gasteiger partial charge is 0.140 e. The Hall–Kier alpha value is -2.08. The highest BCUT2D eigenvalue weighted by Crippen LogP contribution is 2.40. The lowest BCUT2D eigenvalue weighted by atomic mass is 9.74. The third kappa shape index (κ3) is 3.94. The van der Waals surface area contributed by atoms with Crippen molar-refractivity contribution < 1.29 is 9.90 Å². The Morgan fingerprint density at radius 2 is 1.83 bits per heavy atom. The summed E-state index contributed by atoms with van der Waals surface area (Å²) >= 11 is 0. The van der Waals surface area contributed by atoms with Crippen molar-refractivity contribution >= 4 is 17.3 Å². The molecule has 4 rings (SSSR count). The molecule has 0 spiro atoms. The lowest BCUT2D eigenvalue weighted by molar-refractivity contribution is -0.122. The molecule has 1 fully saturated rings. The quantitative estimate of drug-likeness (QED) is 0.817. The molecule has 2 aliphatic heterocycles. The first-order valence-electron chi connectivity index (χ1n) is 11.3. The van der Waals surface area contributed by atoms with Crippen LogP contribution in [0.4, 0.5) is 5.82 Å². The van der Waals surface area contributed by atoms with Gasteiger partial charge in [0.05, 0.1) is 12.1 Å². The van der Waals surface area contributed by atoms with E-state index in [9.17, 15) is 9.90 Å². The monoisotopic (exact) mass is 410 g/mol. The Morgan fingerprint density at radius 1 is 1.13 bits per heavy atom. The van der Waals surface area contributed by atoms with Crippen molar-refractivity contribution in [1.29, 1.82) is 0 Å². The number of carbonyl (C=O) groups excluding carboxylic acids is 1. The second-order valence-electron chi connectivity index (χ2n) is 9.93. The summed E-state index contributed by atoms with van der Waals surface area (Å²) in [6, 6.07) is 2.14. The molecule has 1 atom stereocenters. The van der Waals surface area contributed by atoms with E-state index in [1.165, 1.54) is 0 Å². The van der Waals surface area contributed by atoms with Crippen LogP contribution in [-0.2, 0) is 4.79 Å². The minimum absolute atomic E-state index is 0.121. The molecule has 0 bridgehead atoms. The molecular weight excluding hydrogens is 376 g/mol. The van der Waals surface area contributed by atoms with Gasteiger partial charge in [0.1, 0.15) is 17.4 Å². The molecule has 1 saturated heterocycles. The number of carbonyl (C=O) groups is 1. The van der Waals surface area contributed by atoms with Gasteiger partial charge in [-0.05, 0) is 31.3 Å². The number of aliphatic imine (C=N–C) groups is 1. The fourth-order valence-corrected chi connectivity index (χ4v) is 5.00. The largest absolute Gasteiger partial charge is 0.385 e. The first-order chi connectivity index (χ1) is 14.2. The van der Waals surface area contributed by atoms with Gasteiger partial charge in [-0.3, -0.25) is 9.79 Å². The maximum Gasteiger partial charge on any atom is 0.140 e. The van der Waals surface area contributed by atoms with Crippen LogP contribution in [0.25, 0.3) is 0 Å². The number of aromatic nitrogens is 2. The summed E-state index contributed by atoms with van der Waals surface area (Å²) < 4.78 is 0. The van der Waals surface area contributed by atoms with E-state index in [0.717, 1.165) is 60.1 Å². The van der Waals surface area contributed by atoms with Crippen LogP contribution in [0.5, 0.6) is 0 Å². The zero-order chi connectivity index (χ0) is 21.6. The van der Waals surface area contributed by atoms with Gasteiger partial charge in [-0.15, -0.1) is 0 Å². The Balaban J connectivity index is 1.51. The topological polar surface area (TPSA) is 78.7 Å². The number of hydrogen-bond acceptors (Lipinski definition) is 6. The lowest BCUT2D eigenvalue weighted by Crippen LogP contribution is -2.42. The van der Waals surface area contributed by atoms with Crippen LogP contribution in [0.1, 0.15) is 83.7 Å². The van der Waals surface area contributed by atoms with Crippen molar-refractivity contribution in [3.05, 3.63) is 28.7 Å². The third-order valence-electron chi connectivity index (χ3n) is 6.60. The summed E-state index contributed by atoms with van der Waals surface area (Å²) in [5, 5.41) is 10.9. The van der Waals surface area contributed by atoms with Gasteiger partial charge in [0.15, 0.2) is 0 Å². The number of aliphatic hydroxyl groups is 1. The molecule has 1 unspecified atom stereocenters.